The fourth-order valence-corrected chi connectivity index (χ4v) is 3.11. The van der Waals surface area contributed by atoms with E-state index in [1.54, 1.807) is 20.4 Å². The number of alkyl carbamates (subject to hydrolysis) is 1. The minimum Gasteiger partial charge on any atom is -0.493 e. The Morgan fingerprint density at radius 2 is 2.07 bits per heavy atom. The average Bonchev–Trinajstić information content (AvgIpc) is 3.16. The van der Waals surface area contributed by atoms with Gasteiger partial charge in [-0.2, -0.15) is 0 Å². The molecule has 1 atom stereocenters. The van der Waals surface area contributed by atoms with Crippen molar-refractivity contribution in [2.24, 2.45) is 0 Å². The number of anilines is 1. The maximum Gasteiger partial charge on any atom is 0.407 e. The van der Waals surface area contributed by atoms with Crippen molar-refractivity contribution in [2.45, 2.75) is 6.10 Å². The topological polar surface area (TPSA) is 94.6 Å². The zero-order chi connectivity index (χ0) is 19.5. The molecule has 28 heavy (non-hydrogen) atoms. The first-order valence-electron chi connectivity index (χ1n) is 8.84. The number of carbonyl (C=O) groups excluding carboxylic acids is 1. The van der Waals surface area contributed by atoms with Gasteiger partial charge < -0.3 is 24.8 Å². The van der Waals surface area contributed by atoms with Crippen LogP contribution in [0.2, 0.25) is 0 Å². The quantitative estimate of drug-likeness (QED) is 0.679. The van der Waals surface area contributed by atoms with Gasteiger partial charge in [-0.25, -0.2) is 9.78 Å². The van der Waals surface area contributed by atoms with Gasteiger partial charge in [-0.3, -0.25) is 4.98 Å². The lowest BCUT2D eigenvalue weighted by Gasteiger charge is -2.14. The third kappa shape index (κ3) is 3.48. The molecule has 1 amide bonds. The van der Waals surface area contributed by atoms with Gasteiger partial charge >= 0.3 is 6.09 Å². The second kappa shape index (κ2) is 7.59. The smallest absolute Gasteiger partial charge is 0.407 e. The van der Waals surface area contributed by atoms with Gasteiger partial charge in [0.15, 0.2) is 11.5 Å². The summed E-state index contributed by atoms with van der Waals surface area (Å²) in [5.74, 6) is 1.96. The van der Waals surface area contributed by atoms with Crippen LogP contribution < -0.4 is 20.1 Å². The van der Waals surface area contributed by atoms with Gasteiger partial charge in [-0.05, 0) is 36.4 Å². The highest BCUT2D eigenvalue weighted by atomic mass is 16.6. The Bertz CT molecular complexity index is 1020. The Morgan fingerprint density at radius 1 is 1.21 bits per heavy atom. The highest BCUT2D eigenvalue weighted by Gasteiger charge is 2.22. The standard InChI is InChI=1S/C20H20N4O4/c1-26-17-6-5-12(8-18(17)27-2)15-9-16-14(4-3-7-21-16)19(24-15)22-10-13-11-23-20(25)28-13/h3-9,13H,10-11H2,1-2H3,(H,22,24)(H,23,25). The number of aromatic nitrogens is 2. The van der Waals surface area contributed by atoms with E-state index < -0.39 is 6.09 Å². The van der Waals surface area contributed by atoms with Gasteiger partial charge in [-0.1, -0.05) is 0 Å². The lowest BCUT2D eigenvalue weighted by atomic mass is 10.1. The van der Waals surface area contributed by atoms with Crippen LogP contribution in [0, 0.1) is 0 Å². The van der Waals surface area contributed by atoms with Crippen molar-refractivity contribution >= 4 is 22.8 Å². The molecule has 1 aliphatic rings. The summed E-state index contributed by atoms with van der Waals surface area (Å²) in [6.45, 7) is 0.919. The van der Waals surface area contributed by atoms with Gasteiger partial charge in [0.25, 0.3) is 0 Å². The lowest BCUT2D eigenvalue weighted by molar-refractivity contribution is 0.145. The number of methoxy groups -OCH3 is 2. The third-order valence-electron chi connectivity index (χ3n) is 4.52. The Kier molecular flexibility index (Phi) is 4.84. The molecule has 3 aromatic rings. The summed E-state index contributed by atoms with van der Waals surface area (Å²) in [6, 6.07) is 11.4. The summed E-state index contributed by atoms with van der Waals surface area (Å²) < 4.78 is 15.9. The number of carbonyl (C=O) groups is 1. The Labute approximate surface area is 161 Å². The summed E-state index contributed by atoms with van der Waals surface area (Å²) >= 11 is 0. The molecule has 8 nitrogen and oxygen atoms in total. The fraction of sp³-hybridized carbons (Fsp3) is 0.250. The highest BCUT2D eigenvalue weighted by molar-refractivity contribution is 5.92. The van der Waals surface area contributed by atoms with Crippen LogP contribution in [0.25, 0.3) is 22.2 Å². The van der Waals surface area contributed by atoms with Crippen molar-refractivity contribution < 1.29 is 19.0 Å². The number of ether oxygens (including phenoxy) is 3. The average molecular weight is 380 g/mol. The van der Waals surface area contributed by atoms with Crippen LogP contribution in [-0.2, 0) is 4.74 Å². The van der Waals surface area contributed by atoms with Crippen molar-refractivity contribution in [1.82, 2.24) is 15.3 Å². The first kappa shape index (κ1) is 17.8. The SMILES string of the molecule is COc1ccc(-c2cc3ncccc3c(NCC3CNC(=O)O3)n2)cc1OC. The summed E-state index contributed by atoms with van der Waals surface area (Å²) in [5.41, 5.74) is 2.43. The number of hydrogen-bond donors (Lipinski definition) is 2. The van der Waals surface area contributed by atoms with E-state index >= 15 is 0 Å². The van der Waals surface area contributed by atoms with E-state index in [-0.39, 0.29) is 6.10 Å². The van der Waals surface area contributed by atoms with Gasteiger partial charge in [0.2, 0.25) is 0 Å². The number of hydrogen-bond acceptors (Lipinski definition) is 7. The molecule has 2 aromatic heterocycles. The van der Waals surface area contributed by atoms with E-state index in [1.165, 1.54) is 0 Å². The Balaban J connectivity index is 1.70. The molecule has 0 aliphatic carbocycles. The lowest BCUT2D eigenvalue weighted by Crippen LogP contribution is -2.24. The van der Waals surface area contributed by atoms with Crippen LogP contribution >= 0.6 is 0 Å². The first-order valence-corrected chi connectivity index (χ1v) is 8.84. The normalized spacial score (nSPS) is 15.8. The fourth-order valence-electron chi connectivity index (χ4n) is 3.11. The van der Waals surface area contributed by atoms with E-state index in [2.05, 4.69) is 15.6 Å². The summed E-state index contributed by atoms with van der Waals surface area (Å²) in [6.07, 6.45) is 1.10. The molecule has 2 N–H and O–H groups in total. The van der Waals surface area contributed by atoms with Crippen molar-refractivity contribution in [3.63, 3.8) is 0 Å². The third-order valence-corrected chi connectivity index (χ3v) is 4.52. The van der Waals surface area contributed by atoms with Crippen LogP contribution in [0.1, 0.15) is 0 Å². The van der Waals surface area contributed by atoms with Gasteiger partial charge in [0.05, 0.1) is 38.5 Å². The minimum absolute atomic E-state index is 0.245. The molecule has 0 radical (unpaired) electrons. The predicted octanol–water partition coefficient (Wildman–Crippen LogP) is 2.83. The number of amides is 1. The molecule has 1 aliphatic heterocycles. The molecule has 3 heterocycles. The highest BCUT2D eigenvalue weighted by Crippen LogP contribution is 2.33. The van der Waals surface area contributed by atoms with E-state index in [4.69, 9.17) is 19.2 Å². The maximum atomic E-state index is 11.2. The van der Waals surface area contributed by atoms with Crippen LogP contribution in [0.3, 0.4) is 0 Å². The Hall–Kier alpha value is -3.55. The monoisotopic (exact) mass is 380 g/mol. The molecule has 0 saturated carbocycles. The minimum atomic E-state index is -0.398. The second-order valence-corrected chi connectivity index (χ2v) is 6.29. The largest absolute Gasteiger partial charge is 0.493 e. The van der Waals surface area contributed by atoms with Crippen LogP contribution in [0.4, 0.5) is 10.6 Å². The second-order valence-electron chi connectivity index (χ2n) is 6.29. The van der Waals surface area contributed by atoms with Crippen molar-refractivity contribution in [1.29, 1.82) is 0 Å². The van der Waals surface area contributed by atoms with Crippen LogP contribution in [0.5, 0.6) is 11.5 Å². The van der Waals surface area contributed by atoms with Crippen LogP contribution in [0.15, 0.2) is 42.6 Å². The number of benzene rings is 1. The van der Waals surface area contributed by atoms with Gasteiger partial charge in [-0.15, -0.1) is 0 Å². The number of pyridine rings is 2. The van der Waals surface area contributed by atoms with Crippen molar-refractivity contribution in [3.8, 4) is 22.8 Å². The summed E-state index contributed by atoms with van der Waals surface area (Å²) in [7, 11) is 3.20. The number of nitrogens with zero attached hydrogens (tertiary/aromatic N) is 2. The van der Waals surface area contributed by atoms with Crippen LogP contribution in [-0.4, -0.2) is 49.5 Å². The van der Waals surface area contributed by atoms with E-state index in [0.29, 0.717) is 30.4 Å². The molecule has 0 bridgehead atoms. The zero-order valence-corrected chi connectivity index (χ0v) is 15.6. The van der Waals surface area contributed by atoms with E-state index in [9.17, 15) is 4.79 Å². The number of fused-ring (bicyclic) bond motifs is 1. The molecule has 1 aromatic carbocycles. The Morgan fingerprint density at radius 3 is 2.82 bits per heavy atom. The molecule has 1 unspecified atom stereocenters. The van der Waals surface area contributed by atoms with Crippen molar-refractivity contribution in [2.75, 3.05) is 32.6 Å². The van der Waals surface area contributed by atoms with Gasteiger partial charge in [0, 0.05) is 17.1 Å². The van der Waals surface area contributed by atoms with E-state index in [0.717, 1.165) is 22.2 Å². The number of rotatable bonds is 6. The molecule has 1 saturated heterocycles. The van der Waals surface area contributed by atoms with Crippen molar-refractivity contribution in [3.05, 3.63) is 42.6 Å². The molecule has 0 spiro atoms. The molecule has 4 rings (SSSR count). The number of cyclic esters (lactones) is 1. The predicted molar refractivity (Wildman–Crippen MR) is 105 cm³/mol. The number of nitrogens with one attached hydrogen (secondary N) is 2. The maximum absolute atomic E-state index is 11.2. The first-order chi connectivity index (χ1) is 13.7. The molecular weight excluding hydrogens is 360 g/mol. The summed E-state index contributed by atoms with van der Waals surface area (Å²) in [4.78, 5) is 20.5. The molecule has 1 fully saturated rings. The molecular formula is C20H20N4O4. The van der Waals surface area contributed by atoms with Gasteiger partial charge in [0.1, 0.15) is 11.9 Å². The zero-order valence-electron chi connectivity index (χ0n) is 15.6. The van der Waals surface area contributed by atoms with E-state index in [1.807, 2.05) is 36.4 Å². The molecule has 8 heteroatoms. The summed E-state index contributed by atoms with van der Waals surface area (Å²) in [5, 5.41) is 6.82. The molecule has 144 valence electrons.